The summed E-state index contributed by atoms with van der Waals surface area (Å²) >= 11 is 0. The topological polar surface area (TPSA) is 67.9 Å². The van der Waals surface area contributed by atoms with E-state index >= 15 is 0 Å². The molecular weight excluding hydrogens is 290 g/mol. The molecule has 0 aliphatic heterocycles. The number of pyridine rings is 1. The minimum absolute atomic E-state index is 0.151. The Labute approximate surface area is 134 Å². The maximum absolute atomic E-state index is 12.5. The highest BCUT2D eigenvalue weighted by atomic mass is 16.5. The highest BCUT2D eigenvalue weighted by Crippen LogP contribution is 2.37. The van der Waals surface area contributed by atoms with Crippen molar-refractivity contribution in [3.05, 3.63) is 47.4 Å². The smallest absolute Gasteiger partial charge is 0.338 e. The van der Waals surface area contributed by atoms with Crippen LogP contribution in [-0.2, 0) is 4.74 Å². The van der Waals surface area contributed by atoms with E-state index in [2.05, 4.69) is 29.0 Å². The molecule has 0 radical (unpaired) electrons. The number of aromatic amines is 1. The normalized spacial score (nSPS) is 11.2. The zero-order valence-corrected chi connectivity index (χ0v) is 13.7. The molecule has 0 saturated heterocycles. The van der Waals surface area contributed by atoms with Gasteiger partial charge in [-0.25, -0.2) is 4.79 Å². The van der Waals surface area contributed by atoms with Crippen LogP contribution in [0, 0.1) is 6.92 Å². The summed E-state index contributed by atoms with van der Waals surface area (Å²) in [6.07, 6.45) is 3.54. The largest absolute Gasteiger partial charge is 0.465 e. The van der Waals surface area contributed by atoms with Crippen LogP contribution >= 0.6 is 0 Å². The zero-order chi connectivity index (χ0) is 16.6. The second kappa shape index (κ2) is 5.83. The Morgan fingerprint density at radius 1 is 1.35 bits per heavy atom. The van der Waals surface area contributed by atoms with Crippen LogP contribution in [-0.4, -0.2) is 28.3 Å². The van der Waals surface area contributed by atoms with Crippen molar-refractivity contribution in [1.29, 1.82) is 0 Å². The average Bonchev–Trinajstić information content (AvgIpc) is 2.94. The quantitative estimate of drug-likeness (QED) is 0.746. The van der Waals surface area contributed by atoms with E-state index in [1.165, 1.54) is 7.11 Å². The molecule has 3 rings (SSSR count). The Balaban J connectivity index is 2.46. The van der Waals surface area contributed by atoms with Gasteiger partial charge in [0.2, 0.25) is 0 Å². The molecule has 5 heteroatoms. The number of carbonyl (C=O) groups excluding carboxylic acids is 1. The first kappa shape index (κ1) is 15.2. The molecule has 0 unspecified atom stereocenters. The van der Waals surface area contributed by atoms with E-state index in [1.54, 1.807) is 12.4 Å². The van der Waals surface area contributed by atoms with Crippen molar-refractivity contribution in [2.75, 3.05) is 7.11 Å². The molecule has 2 heterocycles. The van der Waals surface area contributed by atoms with Gasteiger partial charge in [-0.15, -0.1) is 0 Å². The van der Waals surface area contributed by atoms with Crippen LogP contribution in [0.1, 0.15) is 41.4 Å². The summed E-state index contributed by atoms with van der Waals surface area (Å²) < 4.78 is 5.05. The fourth-order valence-corrected chi connectivity index (χ4v) is 3.04. The van der Waals surface area contributed by atoms with Gasteiger partial charge in [-0.2, -0.15) is 5.10 Å². The Bertz CT molecular complexity index is 867. The number of aryl methyl sites for hydroxylation is 1. The highest BCUT2D eigenvalue weighted by molar-refractivity contribution is 6.08. The van der Waals surface area contributed by atoms with Crippen LogP contribution in [0.25, 0.3) is 22.0 Å². The van der Waals surface area contributed by atoms with Crippen molar-refractivity contribution in [3.8, 4) is 11.1 Å². The number of carbonyl (C=O) groups is 1. The summed E-state index contributed by atoms with van der Waals surface area (Å²) in [6.45, 7) is 6.03. The predicted molar refractivity (Wildman–Crippen MR) is 89.5 cm³/mol. The number of hydrogen-bond donors (Lipinski definition) is 1. The third-order valence-electron chi connectivity index (χ3n) is 4.01. The van der Waals surface area contributed by atoms with Crippen LogP contribution in [0.15, 0.2) is 30.6 Å². The molecule has 118 valence electrons. The molecule has 3 aromatic rings. The van der Waals surface area contributed by atoms with Crippen molar-refractivity contribution in [3.63, 3.8) is 0 Å². The SMILES string of the molecule is COC(=O)c1c(C(C)C)c(-c2cccnc2)cc2[nH]nc(C)c12. The van der Waals surface area contributed by atoms with E-state index in [0.29, 0.717) is 5.56 Å². The third-order valence-corrected chi connectivity index (χ3v) is 4.01. The van der Waals surface area contributed by atoms with E-state index in [-0.39, 0.29) is 11.9 Å². The lowest BCUT2D eigenvalue weighted by molar-refractivity contribution is 0.0601. The van der Waals surface area contributed by atoms with Crippen LogP contribution in [0.4, 0.5) is 0 Å². The van der Waals surface area contributed by atoms with E-state index in [0.717, 1.165) is 33.3 Å². The van der Waals surface area contributed by atoms with Gasteiger partial charge in [-0.1, -0.05) is 19.9 Å². The molecule has 2 aromatic heterocycles. The van der Waals surface area contributed by atoms with E-state index in [4.69, 9.17) is 4.74 Å². The van der Waals surface area contributed by atoms with Crippen LogP contribution in [0.3, 0.4) is 0 Å². The van der Waals surface area contributed by atoms with Crippen molar-refractivity contribution >= 4 is 16.9 Å². The minimum Gasteiger partial charge on any atom is -0.465 e. The van der Waals surface area contributed by atoms with Gasteiger partial charge >= 0.3 is 5.97 Å². The number of aromatic nitrogens is 3. The van der Waals surface area contributed by atoms with Crippen LogP contribution in [0.2, 0.25) is 0 Å². The summed E-state index contributed by atoms with van der Waals surface area (Å²) in [4.78, 5) is 16.7. The molecule has 0 bridgehead atoms. The zero-order valence-electron chi connectivity index (χ0n) is 13.7. The highest BCUT2D eigenvalue weighted by Gasteiger charge is 2.25. The maximum Gasteiger partial charge on any atom is 0.338 e. The molecule has 1 N–H and O–H groups in total. The van der Waals surface area contributed by atoms with E-state index in [1.807, 2.05) is 25.1 Å². The third kappa shape index (κ3) is 2.48. The minimum atomic E-state index is -0.339. The summed E-state index contributed by atoms with van der Waals surface area (Å²) in [5.74, 6) is -0.188. The maximum atomic E-state index is 12.5. The Kier molecular flexibility index (Phi) is 3.86. The van der Waals surface area contributed by atoms with Gasteiger partial charge in [-0.05, 0) is 36.1 Å². The van der Waals surface area contributed by atoms with Crippen molar-refractivity contribution < 1.29 is 9.53 Å². The summed E-state index contributed by atoms with van der Waals surface area (Å²) in [5.41, 5.74) is 5.11. The Morgan fingerprint density at radius 3 is 2.74 bits per heavy atom. The van der Waals surface area contributed by atoms with Gasteiger partial charge in [-0.3, -0.25) is 10.1 Å². The molecule has 0 saturated carbocycles. The van der Waals surface area contributed by atoms with Crippen molar-refractivity contribution in [2.24, 2.45) is 0 Å². The number of fused-ring (bicyclic) bond motifs is 1. The number of nitrogens with one attached hydrogen (secondary N) is 1. The first-order chi connectivity index (χ1) is 11.0. The van der Waals surface area contributed by atoms with Crippen molar-refractivity contribution in [1.82, 2.24) is 15.2 Å². The van der Waals surface area contributed by atoms with Crippen LogP contribution in [0.5, 0.6) is 0 Å². The molecule has 1 aromatic carbocycles. The number of rotatable bonds is 3. The fraction of sp³-hybridized carbons (Fsp3) is 0.278. The number of H-pyrrole nitrogens is 1. The molecule has 0 fully saturated rings. The number of nitrogens with zero attached hydrogens (tertiary/aromatic N) is 2. The molecule has 0 atom stereocenters. The predicted octanol–water partition coefficient (Wildman–Crippen LogP) is 3.84. The lowest BCUT2D eigenvalue weighted by Crippen LogP contribution is -2.10. The number of esters is 1. The molecular formula is C18H19N3O2. The van der Waals surface area contributed by atoms with Gasteiger partial charge in [0.1, 0.15) is 0 Å². The number of methoxy groups -OCH3 is 1. The summed E-state index contributed by atoms with van der Waals surface area (Å²) in [7, 11) is 1.41. The molecule has 5 nitrogen and oxygen atoms in total. The summed E-state index contributed by atoms with van der Waals surface area (Å²) in [6, 6.07) is 5.91. The second-order valence-corrected chi connectivity index (χ2v) is 5.83. The van der Waals surface area contributed by atoms with Gasteiger partial charge in [0.25, 0.3) is 0 Å². The number of ether oxygens (including phenoxy) is 1. The van der Waals surface area contributed by atoms with Gasteiger partial charge in [0, 0.05) is 23.3 Å². The second-order valence-electron chi connectivity index (χ2n) is 5.83. The first-order valence-electron chi connectivity index (χ1n) is 7.54. The summed E-state index contributed by atoms with van der Waals surface area (Å²) in [5, 5.41) is 8.09. The lowest BCUT2D eigenvalue weighted by Gasteiger charge is -2.18. The average molecular weight is 309 g/mol. The molecule has 23 heavy (non-hydrogen) atoms. The Hall–Kier alpha value is -2.69. The van der Waals surface area contributed by atoms with Crippen LogP contribution < -0.4 is 0 Å². The van der Waals surface area contributed by atoms with E-state index < -0.39 is 0 Å². The molecule has 0 amide bonds. The van der Waals surface area contributed by atoms with Gasteiger partial charge in [0.15, 0.2) is 0 Å². The standard InChI is InChI=1S/C18H19N3O2/c1-10(2)15-13(12-6-5-7-19-9-12)8-14-16(11(3)20-21-14)17(15)18(22)23-4/h5-10H,1-4H3,(H,20,21). The first-order valence-corrected chi connectivity index (χ1v) is 7.54. The Morgan fingerprint density at radius 2 is 2.13 bits per heavy atom. The molecule has 0 aliphatic carbocycles. The van der Waals surface area contributed by atoms with Gasteiger partial charge in [0.05, 0.1) is 23.9 Å². The number of hydrogen-bond acceptors (Lipinski definition) is 4. The molecule has 0 spiro atoms. The molecule has 0 aliphatic rings. The van der Waals surface area contributed by atoms with E-state index in [9.17, 15) is 4.79 Å². The monoisotopic (exact) mass is 309 g/mol. The van der Waals surface area contributed by atoms with Crippen molar-refractivity contribution in [2.45, 2.75) is 26.7 Å². The lowest BCUT2D eigenvalue weighted by atomic mass is 9.86. The van der Waals surface area contributed by atoms with Gasteiger partial charge < -0.3 is 4.74 Å². The fourth-order valence-electron chi connectivity index (χ4n) is 3.04. The number of benzene rings is 1.